The normalized spacial score (nSPS) is 10.9. The van der Waals surface area contributed by atoms with E-state index in [1.807, 2.05) is 0 Å². The van der Waals surface area contributed by atoms with E-state index in [4.69, 9.17) is 11.6 Å². The van der Waals surface area contributed by atoms with E-state index in [1.165, 1.54) is 18.5 Å². The minimum Gasteiger partial charge on any atom is -0.357 e. The minimum atomic E-state index is -0.428. The number of aromatic nitrogens is 4. The molecule has 0 unspecified atom stereocenters. The molecule has 0 spiro atoms. The van der Waals surface area contributed by atoms with Gasteiger partial charge in [-0.2, -0.15) is 9.97 Å². The molecule has 21 heavy (non-hydrogen) atoms. The number of hydrogen-bond acceptors (Lipinski definition) is 5. The Labute approximate surface area is 132 Å². The van der Waals surface area contributed by atoms with Crippen LogP contribution in [-0.2, 0) is 0 Å². The Balaban J connectivity index is 2.11. The van der Waals surface area contributed by atoms with Crippen LogP contribution in [0, 0.1) is 5.82 Å². The van der Waals surface area contributed by atoms with Gasteiger partial charge in [-0.05, 0) is 28.1 Å². The average molecular weight is 372 g/mol. The molecule has 0 saturated heterocycles. The molecule has 0 fully saturated rings. The fourth-order valence-corrected chi connectivity index (χ4v) is 2.71. The number of imidazole rings is 1. The molecule has 108 valence electrons. The van der Waals surface area contributed by atoms with Crippen LogP contribution >= 0.6 is 27.5 Å². The molecule has 1 aromatic carbocycles. The molecule has 0 atom stereocenters. The topological polar surface area (TPSA) is 78.5 Å². The molecule has 0 radical (unpaired) electrons. The Morgan fingerprint density at radius 3 is 2.86 bits per heavy atom. The summed E-state index contributed by atoms with van der Waals surface area (Å²) in [6.45, 7) is 0. The summed E-state index contributed by atoms with van der Waals surface area (Å²) < 4.78 is 13.8. The molecule has 0 aliphatic heterocycles. The molecule has 9 heteroatoms. The second kappa shape index (κ2) is 5.45. The summed E-state index contributed by atoms with van der Waals surface area (Å²) in [6, 6.07) is 2.54. The van der Waals surface area contributed by atoms with Crippen molar-refractivity contribution in [2.75, 3.05) is 17.7 Å². The number of fused-ring (bicyclic) bond motifs is 1. The predicted octanol–water partition coefficient (Wildman–Crippen LogP) is 3.69. The SMILES string of the molecule is CNc1nc(Nc2c(Cl)cc(F)cc2Br)c2[nH]cnc2n1. The van der Waals surface area contributed by atoms with E-state index >= 15 is 0 Å². The molecule has 3 N–H and O–H groups in total. The van der Waals surface area contributed by atoms with Crippen LogP contribution in [0.2, 0.25) is 5.02 Å². The van der Waals surface area contributed by atoms with Gasteiger partial charge >= 0.3 is 0 Å². The highest BCUT2D eigenvalue weighted by Crippen LogP contribution is 2.35. The fourth-order valence-electron chi connectivity index (χ4n) is 1.82. The van der Waals surface area contributed by atoms with Gasteiger partial charge in [-0.15, -0.1) is 0 Å². The summed E-state index contributed by atoms with van der Waals surface area (Å²) in [5.41, 5.74) is 1.64. The smallest absolute Gasteiger partial charge is 0.226 e. The quantitative estimate of drug-likeness (QED) is 0.654. The van der Waals surface area contributed by atoms with Crippen LogP contribution in [0.25, 0.3) is 11.2 Å². The summed E-state index contributed by atoms with van der Waals surface area (Å²) >= 11 is 9.34. The minimum absolute atomic E-state index is 0.235. The van der Waals surface area contributed by atoms with Crippen LogP contribution in [0.1, 0.15) is 0 Å². The number of H-pyrrole nitrogens is 1. The van der Waals surface area contributed by atoms with Crippen molar-refractivity contribution in [3.05, 3.63) is 33.8 Å². The molecule has 2 heterocycles. The molecular formula is C12H9BrClFN6. The Morgan fingerprint density at radius 1 is 1.33 bits per heavy atom. The molecule has 0 aliphatic carbocycles. The van der Waals surface area contributed by atoms with E-state index in [9.17, 15) is 4.39 Å². The fraction of sp³-hybridized carbons (Fsp3) is 0.0833. The highest BCUT2D eigenvalue weighted by molar-refractivity contribution is 9.10. The number of nitrogens with zero attached hydrogens (tertiary/aromatic N) is 3. The van der Waals surface area contributed by atoms with Crippen LogP contribution in [0.15, 0.2) is 22.9 Å². The number of aromatic amines is 1. The van der Waals surface area contributed by atoms with Crippen LogP contribution in [-0.4, -0.2) is 27.0 Å². The maximum Gasteiger partial charge on any atom is 0.226 e. The van der Waals surface area contributed by atoms with Gasteiger partial charge in [-0.3, -0.25) is 0 Å². The van der Waals surface area contributed by atoms with E-state index in [0.717, 1.165) is 0 Å². The molecule has 0 amide bonds. The zero-order chi connectivity index (χ0) is 15.0. The summed E-state index contributed by atoms with van der Waals surface area (Å²) in [5.74, 6) is 0.463. The molecule has 0 aliphatic rings. The van der Waals surface area contributed by atoms with Crippen molar-refractivity contribution in [2.45, 2.75) is 0 Å². The summed E-state index contributed by atoms with van der Waals surface area (Å²) in [7, 11) is 1.71. The lowest BCUT2D eigenvalue weighted by Gasteiger charge is -2.11. The van der Waals surface area contributed by atoms with E-state index in [2.05, 4.69) is 46.5 Å². The van der Waals surface area contributed by atoms with E-state index in [-0.39, 0.29) is 5.02 Å². The number of hydrogen-bond donors (Lipinski definition) is 3. The first kappa shape index (κ1) is 14.0. The van der Waals surface area contributed by atoms with Gasteiger partial charge in [-0.1, -0.05) is 11.6 Å². The van der Waals surface area contributed by atoms with Crippen molar-refractivity contribution in [1.29, 1.82) is 0 Å². The van der Waals surface area contributed by atoms with E-state index in [0.29, 0.717) is 33.1 Å². The van der Waals surface area contributed by atoms with Crippen molar-refractivity contribution in [2.24, 2.45) is 0 Å². The largest absolute Gasteiger partial charge is 0.357 e. The first-order valence-corrected chi connectivity index (χ1v) is 7.06. The number of anilines is 3. The van der Waals surface area contributed by atoms with Gasteiger partial charge in [0.1, 0.15) is 11.3 Å². The number of benzene rings is 1. The lowest BCUT2D eigenvalue weighted by Crippen LogP contribution is -2.02. The van der Waals surface area contributed by atoms with Gasteiger partial charge in [0.2, 0.25) is 5.95 Å². The van der Waals surface area contributed by atoms with Crippen LogP contribution in [0.3, 0.4) is 0 Å². The summed E-state index contributed by atoms with van der Waals surface area (Å²) in [5, 5.41) is 6.15. The first-order chi connectivity index (χ1) is 10.1. The Kier molecular flexibility index (Phi) is 3.64. The molecule has 3 aromatic rings. The predicted molar refractivity (Wildman–Crippen MR) is 83.6 cm³/mol. The maximum absolute atomic E-state index is 13.3. The van der Waals surface area contributed by atoms with Crippen LogP contribution < -0.4 is 10.6 Å². The standard InChI is InChI=1S/C12H9BrClFN6/c1-16-12-20-10-9(17-4-18-10)11(21-12)19-8-6(13)2-5(15)3-7(8)14/h2-4H,1H3,(H3,16,17,18,19,20,21). The number of rotatable bonds is 3. The highest BCUT2D eigenvalue weighted by Gasteiger charge is 2.14. The maximum atomic E-state index is 13.3. The van der Waals surface area contributed by atoms with Gasteiger partial charge in [-0.25, -0.2) is 9.37 Å². The average Bonchev–Trinajstić information content (AvgIpc) is 2.90. The Hall–Kier alpha value is -1.93. The van der Waals surface area contributed by atoms with Crippen molar-refractivity contribution in [3.8, 4) is 0 Å². The third-order valence-corrected chi connectivity index (χ3v) is 3.68. The molecular weight excluding hydrogens is 363 g/mol. The highest BCUT2D eigenvalue weighted by atomic mass is 79.9. The number of nitrogens with one attached hydrogen (secondary N) is 3. The lowest BCUT2D eigenvalue weighted by molar-refractivity contribution is 0.627. The zero-order valence-corrected chi connectivity index (χ0v) is 13.0. The van der Waals surface area contributed by atoms with Gasteiger partial charge in [0, 0.05) is 11.5 Å². The van der Waals surface area contributed by atoms with Gasteiger partial charge in [0.25, 0.3) is 0 Å². The first-order valence-electron chi connectivity index (χ1n) is 5.89. The monoisotopic (exact) mass is 370 g/mol. The van der Waals surface area contributed by atoms with Crippen molar-refractivity contribution in [1.82, 2.24) is 19.9 Å². The summed E-state index contributed by atoms with van der Waals surface area (Å²) in [6.07, 6.45) is 1.52. The zero-order valence-electron chi connectivity index (χ0n) is 10.7. The van der Waals surface area contributed by atoms with Gasteiger partial charge in [0.15, 0.2) is 11.5 Å². The second-order valence-electron chi connectivity index (χ2n) is 4.12. The lowest BCUT2D eigenvalue weighted by atomic mass is 10.3. The third-order valence-electron chi connectivity index (χ3n) is 2.76. The molecule has 0 saturated carbocycles. The van der Waals surface area contributed by atoms with Crippen LogP contribution in [0.5, 0.6) is 0 Å². The third kappa shape index (κ3) is 2.64. The van der Waals surface area contributed by atoms with Crippen molar-refractivity contribution in [3.63, 3.8) is 0 Å². The van der Waals surface area contributed by atoms with Crippen molar-refractivity contribution < 1.29 is 4.39 Å². The van der Waals surface area contributed by atoms with E-state index < -0.39 is 5.82 Å². The summed E-state index contributed by atoms with van der Waals surface area (Å²) in [4.78, 5) is 15.6. The second-order valence-corrected chi connectivity index (χ2v) is 5.38. The van der Waals surface area contributed by atoms with Crippen LogP contribution in [0.4, 0.5) is 21.8 Å². The molecule has 2 aromatic heterocycles. The molecule has 6 nitrogen and oxygen atoms in total. The van der Waals surface area contributed by atoms with E-state index in [1.54, 1.807) is 7.05 Å². The van der Waals surface area contributed by atoms with Gasteiger partial charge < -0.3 is 15.6 Å². The Bertz CT molecular complexity index is 798. The number of halogens is 3. The Morgan fingerprint density at radius 2 is 2.14 bits per heavy atom. The molecule has 3 rings (SSSR count). The van der Waals surface area contributed by atoms with Crippen molar-refractivity contribution >= 4 is 56.1 Å². The van der Waals surface area contributed by atoms with Gasteiger partial charge in [0.05, 0.1) is 17.0 Å². The molecule has 0 bridgehead atoms.